The van der Waals surface area contributed by atoms with Crippen molar-refractivity contribution in [2.75, 3.05) is 54.1 Å². The van der Waals surface area contributed by atoms with Gasteiger partial charge in [0, 0.05) is 31.7 Å². The maximum atomic E-state index is 14.6. The number of aliphatic hydroxyl groups is 1. The van der Waals surface area contributed by atoms with Gasteiger partial charge in [0.1, 0.15) is 12.6 Å². The first-order valence-corrected chi connectivity index (χ1v) is 7.72. The van der Waals surface area contributed by atoms with Gasteiger partial charge in [0.15, 0.2) is 11.5 Å². The molecule has 0 radical (unpaired) electrons. The summed E-state index contributed by atoms with van der Waals surface area (Å²) in [7, 11) is 4.29. The summed E-state index contributed by atoms with van der Waals surface area (Å²) in [6.07, 6.45) is 0. The van der Waals surface area contributed by atoms with Crippen LogP contribution in [0.2, 0.25) is 0 Å². The molecule has 1 aromatic rings. The second kappa shape index (κ2) is 7.96. The third-order valence-corrected chi connectivity index (χ3v) is 4.16. The van der Waals surface area contributed by atoms with Crippen molar-refractivity contribution < 1.29 is 28.1 Å². The molecule has 0 unspecified atom stereocenters. The third kappa shape index (κ3) is 3.55. The summed E-state index contributed by atoms with van der Waals surface area (Å²) in [5.41, 5.74) is 0.260. The predicted octanol–water partition coefficient (Wildman–Crippen LogP) is 1.29. The van der Waals surface area contributed by atoms with Crippen LogP contribution in [0.5, 0.6) is 17.2 Å². The van der Waals surface area contributed by atoms with Crippen LogP contribution >= 0.6 is 0 Å². The summed E-state index contributed by atoms with van der Waals surface area (Å²) >= 11 is 0. The van der Waals surface area contributed by atoms with Crippen LogP contribution in [-0.4, -0.2) is 70.0 Å². The van der Waals surface area contributed by atoms with E-state index in [1.165, 1.54) is 27.4 Å². The van der Waals surface area contributed by atoms with E-state index < -0.39 is 18.6 Å². The molecule has 1 atom stereocenters. The highest BCUT2D eigenvalue weighted by molar-refractivity contribution is 5.57. The molecule has 1 fully saturated rings. The van der Waals surface area contributed by atoms with Gasteiger partial charge in [-0.15, -0.1) is 0 Å². The van der Waals surface area contributed by atoms with Crippen molar-refractivity contribution in [2.45, 2.75) is 12.0 Å². The molecule has 2 rings (SSSR count). The number of aliphatic hydroxyl groups excluding tert-OH is 1. The minimum Gasteiger partial charge on any atom is -0.493 e. The molecule has 1 heterocycles. The second-order valence-electron chi connectivity index (χ2n) is 5.53. The summed E-state index contributed by atoms with van der Waals surface area (Å²) in [4.78, 5) is 1.65. The summed E-state index contributed by atoms with van der Waals surface area (Å²) in [5, 5.41) is 12.4. The Labute approximate surface area is 140 Å². The molecule has 0 bridgehead atoms. The fourth-order valence-electron chi connectivity index (χ4n) is 3.06. The number of nitrogens with zero attached hydrogens (tertiary/aromatic N) is 1. The zero-order valence-electron chi connectivity index (χ0n) is 14.1. The number of ether oxygens (including phenoxy) is 3. The number of halogens is 2. The number of hydrogen-bond donors (Lipinski definition) is 2. The summed E-state index contributed by atoms with van der Waals surface area (Å²) < 4.78 is 45.0. The minimum absolute atomic E-state index is 0.188. The molecule has 0 saturated carbocycles. The van der Waals surface area contributed by atoms with Gasteiger partial charge in [0.05, 0.1) is 21.3 Å². The van der Waals surface area contributed by atoms with Gasteiger partial charge in [-0.3, -0.25) is 4.90 Å². The molecule has 2 N–H and O–H groups in total. The summed E-state index contributed by atoms with van der Waals surface area (Å²) in [5.74, 6) is -2.49. The number of hydrogen-bond acceptors (Lipinski definition) is 6. The van der Waals surface area contributed by atoms with Gasteiger partial charge in [0.25, 0.3) is 5.92 Å². The van der Waals surface area contributed by atoms with E-state index in [-0.39, 0.29) is 17.1 Å². The van der Waals surface area contributed by atoms with Crippen LogP contribution in [0, 0.1) is 0 Å². The van der Waals surface area contributed by atoms with Crippen molar-refractivity contribution in [1.82, 2.24) is 10.2 Å². The van der Waals surface area contributed by atoms with Gasteiger partial charge in [-0.1, -0.05) is 0 Å². The molecule has 1 aromatic carbocycles. The van der Waals surface area contributed by atoms with Crippen LogP contribution in [0.4, 0.5) is 8.78 Å². The van der Waals surface area contributed by atoms with E-state index in [0.29, 0.717) is 31.9 Å². The van der Waals surface area contributed by atoms with Crippen molar-refractivity contribution in [3.8, 4) is 17.2 Å². The van der Waals surface area contributed by atoms with Crippen LogP contribution in [-0.2, 0) is 0 Å². The number of alkyl halides is 2. The van der Waals surface area contributed by atoms with Crippen molar-refractivity contribution in [1.29, 1.82) is 0 Å². The molecule has 1 aliphatic heterocycles. The largest absolute Gasteiger partial charge is 0.493 e. The summed E-state index contributed by atoms with van der Waals surface area (Å²) in [6, 6.07) is 1.79. The number of rotatable bonds is 7. The number of piperazine rings is 1. The average molecular weight is 346 g/mol. The molecule has 0 aliphatic carbocycles. The highest BCUT2D eigenvalue weighted by atomic mass is 19.3. The monoisotopic (exact) mass is 346 g/mol. The smallest absolute Gasteiger partial charge is 0.290 e. The van der Waals surface area contributed by atoms with E-state index in [1.54, 1.807) is 11.0 Å². The Morgan fingerprint density at radius 3 is 2.25 bits per heavy atom. The van der Waals surface area contributed by atoms with Crippen LogP contribution in [0.15, 0.2) is 12.1 Å². The molecule has 0 spiro atoms. The first kappa shape index (κ1) is 18.7. The lowest BCUT2D eigenvalue weighted by molar-refractivity contribution is -0.119. The molecule has 0 aromatic heterocycles. The Kier molecular flexibility index (Phi) is 6.20. The van der Waals surface area contributed by atoms with Crippen LogP contribution in [0.3, 0.4) is 0 Å². The summed E-state index contributed by atoms with van der Waals surface area (Å²) in [6.45, 7) is 0.843. The maximum Gasteiger partial charge on any atom is 0.290 e. The zero-order chi connectivity index (χ0) is 17.7. The molecule has 1 aliphatic rings. The second-order valence-corrected chi connectivity index (χ2v) is 5.53. The van der Waals surface area contributed by atoms with E-state index in [0.717, 1.165) is 0 Å². The molecule has 6 nitrogen and oxygen atoms in total. The van der Waals surface area contributed by atoms with Crippen molar-refractivity contribution >= 4 is 0 Å². The molecule has 136 valence electrons. The Balaban J connectivity index is 2.56. The molecule has 0 amide bonds. The van der Waals surface area contributed by atoms with Gasteiger partial charge < -0.3 is 24.6 Å². The molecular weight excluding hydrogens is 322 g/mol. The average Bonchev–Trinajstić information content (AvgIpc) is 2.61. The molecule has 1 saturated heterocycles. The molecular formula is C16H24F2N2O4. The lowest BCUT2D eigenvalue weighted by Crippen LogP contribution is -2.51. The van der Waals surface area contributed by atoms with E-state index in [1.807, 2.05) is 0 Å². The fourth-order valence-corrected chi connectivity index (χ4v) is 3.06. The maximum absolute atomic E-state index is 14.6. The lowest BCUT2D eigenvalue weighted by atomic mass is 9.96. The standard InChI is InChI=1S/C16H24F2N2O4/c1-22-12-5-4-11(13(23-2)14(12)24-3)15(16(17,18)10-21)20-8-6-19-7-9-20/h4-5,15,19,21H,6-10H2,1-3H3/t15-/m1/s1. The number of benzene rings is 1. The number of nitrogens with one attached hydrogen (secondary N) is 1. The normalized spacial score (nSPS) is 17.4. The van der Waals surface area contributed by atoms with E-state index in [9.17, 15) is 13.9 Å². The predicted molar refractivity (Wildman–Crippen MR) is 85.3 cm³/mol. The van der Waals surface area contributed by atoms with Crippen molar-refractivity contribution in [3.05, 3.63) is 17.7 Å². The lowest BCUT2D eigenvalue weighted by Gasteiger charge is -2.39. The van der Waals surface area contributed by atoms with Gasteiger partial charge in [-0.05, 0) is 12.1 Å². The quantitative estimate of drug-likeness (QED) is 0.776. The van der Waals surface area contributed by atoms with E-state index in [4.69, 9.17) is 14.2 Å². The first-order valence-electron chi connectivity index (χ1n) is 7.72. The van der Waals surface area contributed by atoms with E-state index >= 15 is 0 Å². The fraction of sp³-hybridized carbons (Fsp3) is 0.625. The van der Waals surface area contributed by atoms with Gasteiger partial charge >= 0.3 is 0 Å². The Bertz CT molecular complexity index is 551. The topological polar surface area (TPSA) is 63.2 Å². The van der Waals surface area contributed by atoms with Crippen LogP contribution in [0.1, 0.15) is 11.6 Å². The molecule has 8 heteroatoms. The van der Waals surface area contributed by atoms with Gasteiger partial charge in [0.2, 0.25) is 5.75 Å². The van der Waals surface area contributed by atoms with Crippen molar-refractivity contribution in [3.63, 3.8) is 0 Å². The van der Waals surface area contributed by atoms with Gasteiger partial charge in [-0.2, -0.15) is 0 Å². The zero-order valence-corrected chi connectivity index (χ0v) is 14.1. The number of methoxy groups -OCH3 is 3. The SMILES string of the molecule is COc1ccc([C@@H](N2CCNCC2)C(F)(F)CO)c(OC)c1OC. The minimum atomic E-state index is -3.33. The van der Waals surface area contributed by atoms with Crippen LogP contribution in [0.25, 0.3) is 0 Å². The van der Waals surface area contributed by atoms with Crippen LogP contribution < -0.4 is 19.5 Å². The van der Waals surface area contributed by atoms with E-state index in [2.05, 4.69) is 5.32 Å². The Morgan fingerprint density at radius 1 is 1.12 bits per heavy atom. The first-order chi connectivity index (χ1) is 11.5. The van der Waals surface area contributed by atoms with Gasteiger partial charge in [-0.25, -0.2) is 8.78 Å². The third-order valence-electron chi connectivity index (χ3n) is 4.16. The Hall–Kier alpha value is -1.64. The Morgan fingerprint density at radius 2 is 1.75 bits per heavy atom. The highest BCUT2D eigenvalue weighted by Gasteiger charge is 2.46. The highest BCUT2D eigenvalue weighted by Crippen LogP contribution is 2.47. The van der Waals surface area contributed by atoms with Crippen molar-refractivity contribution in [2.24, 2.45) is 0 Å². The molecule has 24 heavy (non-hydrogen) atoms.